The Kier molecular flexibility index (Phi) is 5.09. The van der Waals surface area contributed by atoms with Crippen LogP contribution < -0.4 is 10.1 Å². The lowest BCUT2D eigenvalue weighted by Gasteiger charge is -2.11. The number of nitrogens with one attached hydrogen (secondary N) is 1. The Morgan fingerprint density at radius 2 is 1.89 bits per heavy atom. The third-order valence-electron chi connectivity index (χ3n) is 3.67. The van der Waals surface area contributed by atoms with Crippen molar-refractivity contribution in [3.05, 3.63) is 71.0 Å². The van der Waals surface area contributed by atoms with Gasteiger partial charge in [0.15, 0.2) is 11.4 Å². The zero-order valence-corrected chi connectivity index (χ0v) is 14.7. The van der Waals surface area contributed by atoms with Gasteiger partial charge in [-0.05, 0) is 30.3 Å². The normalized spacial score (nSPS) is 11.3. The lowest BCUT2D eigenvalue weighted by Crippen LogP contribution is -2.15. The Hall–Kier alpha value is -3.00. The summed E-state index contributed by atoms with van der Waals surface area (Å²) in [4.78, 5) is 12.5. The van der Waals surface area contributed by atoms with E-state index in [1.165, 1.54) is 24.1 Å². The van der Waals surface area contributed by atoms with E-state index in [1.807, 2.05) is 6.07 Å². The zero-order valence-electron chi connectivity index (χ0n) is 13.9. The molecule has 5 nitrogen and oxygen atoms in total. The minimum atomic E-state index is -4.63. The molecule has 9 heteroatoms. The van der Waals surface area contributed by atoms with Crippen molar-refractivity contribution >= 4 is 23.2 Å². The quantitative estimate of drug-likeness (QED) is 0.690. The minimum absolute atomic E-state index is 0.0620. The smallest absolute Gasteiger partial charge is 0.417 e. The SMILES string of the molecule is COc1cn(-c2ccccc2)nc1C(=O)Nc1ccc(Cl)c(C(F)(F)F)c1. The average molecular weight is 396 g/mol. The van der Waals surface area contributed by atoms with Crippen LogP contribution in [0.4, 0.5) is 18.9 Å². The van der Waals surface area contributed by atoms with Crippen molar-refractivity contribution in [2.45, 2.75) is 6.18 Å². The maximum absolute atomic E-state index is 13.0. The first-order valence-corrected chi connectivity index (χ1v) is 8.04. The molecule has 0 fully saturated rings. The van der Waals surface area contributed by atoms with Gasteiger partial charge in [0.25, 0.3) is 5.91 Å². The summed E-state index contributed by atoms with van der Waals surface area (Å²) in [6.07, 6.45) is -3.13. The number of rotatable bonds is 4. The first kappa shape index (κ1) is 18.8. The van der Waals surface area contributed by atoms with Gasteiger partial charge in [-0.25, -0.2) is 4.68 Å². The van der Waals surface area contributed by atoms with Crippen molar-refractivity contribution in [3.63, 3.8) is 0 Å². The van der Waals surface area contributed by atoms with Gasteiger partial charge >= 0.3 is 6.18 Å². The fourth-order valence-corrected chi connectivity index (χ4v) is 2.61. The molecule has 0 bridgehead atoms. The van der Waals surface area contributed by atoms with Crippen LogP contribution in [0.5, 0.6) is 5.75 Å². The number of hydrogen-bond acceptors (Lipinski definition) is 3. The number of benzene rings is 2. The molecule has 1 N–H and O–H groups in total. The number of para-hydroxylation sites is 1. The number of carbonyl (C=O) groups is 1. The number of halogens is 4. The predicted octanol–water partition coefficient (Wildman–Crippen LogP) is 4.81. The second-order valence-electron chi connectivity index (χ2n) is 5.47. The Morgan fingerprint density at radius 3 is 2.52 bits per heavy atom. The van der Waals surface area contributed by atoms with E-state index in [0.29, 0.717) is 5.69 Å². The van der Waals surface area contributed by atoms with Crippen LogP contribution in [0.15, 0.2) is 54.7 Å². The first-order chi connectivity index (χ1) is 12.8. The molecule has 1 heterocycles. The number of alkyl halides is 3. The number of carbonyl (C=O) groups excluding carboxylic acids is 1. The molecule has 1 amide bonds. The molecule has 0 unspecified atom stereocenters. The summed E-state index contributed by atoms with van der Waals surface area (Å²) in [6.45, 7) is 0. The topological polar surface area (TPSA) is 56.2 Å². The third kappa shape index (κ3) is 4.06. The molecule has 3 aromatic rings. The molecule has 0 radical (unpaired) electrons. The largest absolute Gasteiger partial charge is 0.493 e. The number of hydrogen-bond donors (Lipinski definition) is 1. The standard InChI is InChI=1S/C18H13ClF3N3O2/c1-27-15-10-25(12-5-3-2-4-6-12)24-16(15)17(26)23-11-7-8-14(19)13(9-11)18(20,21)22/h2-10H,1H3,(H,23,26). The summed E-state index contributed by atoms with van der Waals surface area (Å²) in [6, 6.07) is 12.1. The monoisotopic (exact) mass is 395 g/mol. The van der Waals surface area contributed by atoms with Gasteiger partial charge in [-0.2, -0.15) is 18.3 Å². The van der Waals surface area contributed by atoms with Crippen LogP contribution in [0.25, 0.3) is 5.69 Å². The van der Waals surface area contributed by atoms with Crippen molar-refractivity contribution in [1.29, 1.82) is 0 Å². The van der Waals surface area contributed by atoms with E-state index in [0.717, 1.165) is 12.1 Å². The van der Waals surface area contributed by atoms with E-state index in [1.54, 1.807) is 24.3 Å². The lowest BCUT2D eigenvalue weighted by atomic mass is 10.2. The summed E-state index contributed by atoms with van der Waals surface area (Å²) in [5, 5.41) is 6.10. The van der Waals surface area contributed by atoms with Crippen molar-refractivity contribution in [1.82, 2.24) is 9.78 Å². The van der Waals surface area contributed by atoms with Gasteiger partial charge in [0.1, 0.15) is 0 Å². The molecule has 0 aliphatic carbocycles. The Balaban J connectivity index is 1.90. The molecular weight excluding hydrogens is 383 g/mol. The summed E-state index contributed by atoms with van der Waals surface area (Å²) in [5.41, 5.74) is -0.470. The predicted molar refractivity (Wildman–Crippen MR) is 94.5 cm³/mol. The van der Waals surface area contributed by atoms with Crippen LogP contribution in [-0.2, 0) is 6.18 Å². The van der Waals surface area contributed by atoms with Crippen molar-refractivity contribution in [3.8, 4) is 11.4 Å². The summed E-state index contributed by atoms with van der Waals surface area (Å²) >= 11 is 5.58. The highest BCUT2D eigenvalue weighted by molar-refractivity contribution is 6.31. The number of aromatic nitrogens is 2. The zero-order chi connectivity index (χ0) is 19.6. The van der Waals surface area contributed by atoms with Gasteiger partial charge in [-0.1, -0.05) is 29.8 Å². The van der Waals surface area contributed by atoms with Gasteiger partial charge in [-0.15, -0.1) is 0 Å². The van der Waals surface area contributed by atoms with E-state index < -0.39 is 22.7 Å². The van der Waals surface area contributed by atoms with Crippen LogP contribution in [0.1, 0.15) is 16.1 Å². The van der Waals surface area contributed by atoms with Crippen molar-refractivity contribution in [2.24, 2.45) is 0 Å². The summed E-state index contributed by atoms with van der Waals surface area (Å²) in [7, 11) is 1.37. The second-order valence-corrected chi connectivity index (χ2v) is 5.88. The van der Waals surface area contributed by atoms with E-state index in [9.17, 15) is 18.0 Å². The summed E-state index contributed by atoms with van der Waals surface area (Å²) in [5.74, 6) is -0.529. The van der Waals surface area contributed by atoms with Crippen molar-refractivity contribution < 1.29 is 22.7 Å². The molecule has 0 atom stereocenters. The Morgan fingerprint density at radius 1 is 1.19 bits per heavy atom. The maximum Gasteiger partial charge on any atom is 0.417 e. The minimum Gasteiger partial charge on any atom is -0.493 e. The average Bonchev–Trinajstić information content (AvgIpc) is 3.08. The molecule has 0 saturated carbocycles. The van der Waals surface area contributed by atoms with Gasteiger partial charge in [-0.3, -0.25) is 4.79 Å². The Bertz CT molecular complexity index is 972. The number of nitrogens with zero attached hydrogens (tertiary/aromatic N) is 2. The maximum atomic E-state index is 13.0. The molecular formula is C18H13ClF3N3O2. The fourth-order valence-electron chi connectivity index (χ4n) is 2.39. The van der Waals surface area contributed by atoms with Gasteiger partial charge in [0.2, 0.25) is 0 Å². The van der Waals surface area contributed by atoms with Crippen LogP contribution in [0.2, 0.25) is 5.02 Å². The van der Waals surface area contributed by atoms with Gasteiger partial charge in [0, 0.05) is 5.69 Å². The molecule has 0 spiro atoms. The third-order valence-corrected chi connectivity index (χ3v) is 4.00. The highest BCUT2D eigenvalue weighted by atomic mass is 35.5. The van der Waals surface area contributed by atoms with Crippen molar-refractivity contribution in [2.75, 3.05) is 12.4 Å². The van der Waals surface area contributed by atoms with Crippen LogP contribution >= 0.6 is 11.6 Å². The Labute approximate surface area is 157 Å². The number of amides is 1. The van der Waals surface area contributed by atoms with Gasteiger partial charge < -0.3 is 10.1 Å². The second kappa shape index (κ2) is 7.32. The molecule has 140 valence electrons. The number of methoxy groups -OCH3 is 1. The van der Waals surface area contributed by atoms with E-state index in [2.05, 4.69) is 10.4 Å². The van der Waals surface area contributed by atoms with Crippen LogP contribution in [0.3, 0.4) is 0 Å². The van der Waals surface area contributed by atoms with Crippen LogP contribution in [-0.4, -0.2) is 22.8 Å². The fraction of sp³-hybridized carbons (Fsp3) is 0.111. The molecule has 0 aliphatic heterocycles. The number of ether oxygens (including phenoxy) is 1. The van der Waals surface area contributed by atoms with E-state index in [-0.39, 0.29) is 17.1 Å². The van der Waals surface area contributed by atoms with E-state index >= 15 is 0 Å². The summed E-state index contributed by atoms with van der Waals surface area (Å²) < 4.78 is 45.5. The highest BCUT2D eigenvalue weighted by Crippen LogP contribution is 2.36. The molecule has 0 saturated heterocycles. The van der Waals surface area contributed by atoms with E-state index in [4.69, 9.17) is 16.3 Å². The highest BCUT2D eigenvalue weighted by Gasteiger charge is 2.33. The lowest BCUT2D eigenvalue weighted by molar-refractivity contribution is -0.137. The molecule has 0 aliphatic rings. The molecule has 1 aromatic heterocycles. The first-order valence-electron chi connectivity index (χ1n) is 7.67. The van der Waals surface area contributed by atoms with Crippen LogP contribution in [0, 0.1) is 0 Å². The number of anilines is 1. The molecule has 2 aromatic carbocycles. The van der Waals surface area contributed by atoms with Gasteiger partial charge in [0.05, 0.1) is 29.6 Å². The molecule has 27 heavy (non-hydrogen) atoms. The molecule has 3 rings (SSSR count).